The SMILES string of the molecule is CN1CCN(c2ccc(NC(=O)CN3CCCCCC3=O)cc2)CC1. The van der Waals surface area contributed by atoms with Crippen molar-refractivity contribution in [2.24, 2.45) is 0 Å². The molecular formula is C19H28N4O2. The average Bonchev–Trinajstić information content (AvgIpc) is 2.81. The highest BCUT2D eigenvalue weighted by atomic mass is 16.2. The van der Waals surface area contributed by atoms with Crippen LogP contribution >= 0.6 is 0 Å². The molecule has 0 spiro atoms. The summed E-state index contributed by atoms with van der Waals surface area (Å²) < 4.78 is 0. The lowest BCUT2D eigenvalue weighted by atomic mass is 10.2. The van der Waals surface area contributed by atoms with E-state index in [-0.39, 0.29) is 18.4 Å². The molecular weight excluding hydrogens is 316 g/mol. The molecule has 1 aromatic rings. The Morgan fingerprint density at radius 2 is 1.72 bits per heavy atom. The van der Waals surface area contributed by atoms with Crippen LogP contribution in [0.25, 0.3) is 0 Å². The number of hydrogen-bond donors (Lipinski definition) is 1. The van der Waals surface area contributed by atoms with Crippen LogP contribution in [-0.4, -0.2) is 67.9 Å². The number of nitrogens with zero attached hydrogens (tertiary/aromatic N) is 3. The molecule has 25 heavy (non-hydrogen) atoms. The number of hydrogen-bond acceptors (Lipinski definition) is 4. The van der Waals surface area contributed by atoms with Crippen LogP contribution in [-0.2, 0) is 9.59 Å². The summed E-state index contributed by atoms with van der Waals surface area (Å²) in [6.07, 6.45) is 3.55. The topological polar surface area (TPSA) is 55.9 Å². The first-order chi connectivity index (χ1) is 12.1. The standard InChI is InChI=1S/C19H28N4O2/c1-21-11-13-22(14-12-21)17-8-6-16(7-9-17)20-18(24)15-23-10-4-2-3-5-19(23)25/h6-9H,2-5,10-15H2,1H3,(H,20,24). The lowest BCUT2D eigenvalue weighted by Gasteiger charge is -2.34. The van der Waals surface area contributed by atoms with Gasteiger partial charge in [-0.1, -0.05) is 6.42 Å². The molecule has 2 amide bonds. The number of carbonyl (C=O) groups is 2. The Bertz CT molecular complexity index is 594. The van der Waals surface area contributed by atoms with Gasteiger partial charge in [-0.3, -0.25) is 9.59 Å². The number of rotatable bonds is 4. The number of likely N-dealkylation sites (N-methyl/N-ethyl adjacent to an activating group) is 1. The van der Waals surface area contributed by atoms with E-state index >= 15 is 0 Å². The smallest absolute Gasteiger partial charge is 0.243 e. The molecule has 1 N–H and O–H groups in total. The highest BCUT2D eigenvalue weighted by molar-refractivity contribution is 5.94. The molecule has 2 heterocycles. The van der Waals surface area contributed by atoms with Crippen molar-refractivity contribution in [2.45, 2.75) is 25.7 Å². The Morgan fingerprint density at radius 1 is 1.00 bits per heavy atom. The van der Waals surface area contributed by atoms with Crippen molar-refractivity contribution < 1.29 is 9.59 Å². The first kappa shape index (κ1) is 17.7. The van der Waals surface area contributed by atoms with Gasteiger partial charge in [-0.2, -0.15) is 0 Å². The minimum atomic E-state index is -0.123. The molecule has 0 aromatic heterocycles. The van der Waals surface area contributed by atoms with E-state index < -0.39 is 0 Å². The fourth-order valence-corrected chi connectivity index (χ4v) is 3.40. The Kier molecular flexibility index (Phi) is 5.91. The van der Waals surface area contributed by atoms with Crippen LogP contribution in [0.4, 0.5) is 11.4 Å². The van der Waals surface area contributed by atoms with Crippen LogP contribution in [0.1, 0.15) is 25.7 Å². The normalized spacial score (nSPS) is 19.6. The summed E-state index contributed by atoms with van der Waals surface area (Å²) >= 11 is 0. The molecule has 6 nitrogen and oxygen atoms in total. The minimum absolute atomic E-state index is 0.0954. The third kappa shape index (κ3) is 4.95. The van der Waals surface area contributed by atoms with E-state index in [2.05, 4.69) is 34.3 Å². The fraction of sp³-hybridized carbons (Fsp3) is 0.579. The number of nitrogens with one attached hydrogen (secondary N) is 1. The van der Waals surface area contributed by atoms with Crippen LogP contribution in [0.5, 0.6) is 0 Å². The highest BCUT2D eigenvalue weighted by Gasteiger charge is 2.19. The van der Waals surface area contributed by atoms with E-state index in [1.807, 2.05) is 12.1 Å². The van der Waals surface area contributed by atoms with Gasteiger partial charge in [0, 0.05) is 50.5 Å². The predicted molar refractivity (Wildman–Crippen MR) is 99.8 cm³/mol. The van der Waals surface area contributed by atoms with E-state index in [4.69, 9.17) is 0 Å². The van der Waals surface area contributed by atoms with Gasteiger partial charge in [0.05, 0.1) is 6.54 Å². The summed E-state index contributed by atoms with van der Waals surface area (Å²) in [6.45, 7) is 5.04. The van der Waals surface area contributed by atoms with Gasteiger partial charge in [0.2, 0.25) is 11.8 Å². The number of piperazine rings is 1. The van der Waals surface area contributed by atoms with Gasteiger partial charge in [-0.25, -0.2) is 0 Å². The van der Waals surface area contributed by atoms with Crippen LogP contribution in [0.15, 0.2) is 24.3 Å². The quantitative estimate of drug-likeness (QED) is 0.905. The minimum Gasteiger partial charge on any atom is -0.369 e. The summed E-state index contributed by atoms with van der Waals surface area (Å²) in [5.74, 6) is -0.0272. The van der Waals surface area contributed by atoms with Crippen LogP contribution in [0.3, 0.4) is 0 Å². The molecule has 0 atom stereocenters. The molecule has 2 aliphatic heterocycles. The van der Waals surface area contributed by atoms with E-state index in [0.29, 0.717) is 13.0 Å². The lowest BCUT2D eigenvalue weighted by Crippen LogP contribution is -2.44. The van der Waals surface area contributed by atoms with Gasteiger partial charge >= 0.3 is 0 Å². The predicted octanol–water partition coefficient (Wildman–Crippen LogP) is 1.78. The van der Waals surface area contributed by atoms with Gasteiger partial charge in [0.15, 0.2) is 0 Å². The zero-order valence-electron chi connectivity index (χ0n) is 15.0. The Hall–Kier alpha value is -2.08. The molecule has 2 fully saturated rings. The molecule has 136 valence electrons. The Labute approximate surface area is 149 Å². The average molecular weight is 344 g/mol. The summed E-state index contributed by atoms with van der Waals surface area (Å²) in [4.78, 5) is 30.6. The van der Waals surface area contributed by atoms with Gasteiger partial charge in [0.25, 0.3) is 0 Å². The molecule has 2 saturated heterocycles. The molecule has 0 radical (unpaired) electrons. The lowest BCUT2D eigenvalue weighted by molar-refractivity contribution is -0.134. The van der Waals surface area contributed by atoms with Crippen molar-refractivity contribution in [2.75, 3.05) is 56.5 Å². The maximum absolute atomic E-state index is 12.2. The van der Waals surface area contributed by atoms with E-state index in [9.17, 15) is 9.59 Å². The van der Waals surface area contributed by atoms with Crippen LogP contribution < -0.4 is 10.2 Å². The summed E-state index contributed by atoms with van der Waals surface area (Å²) in [7, 11) is 2.14. The molecule has 0 saturated carbocycles. The first-order valence-corrected chi connectivity index (χ1v) is 9.23. The number of likely N-dealkylation sites (tertiary alicyclic amines) is 1. The van der Waals surface area contributed by atoms with Crippen molar-refractivity contribution in [3.63, 3.8) is 0 Å². The number of carbonyl (C=O) groups excluding carboxylic acids is 2. The molecule has 3 rings (SSSR count). The second kappa shape index (κ2) is 8.34. The highest BCUT2D eigenvalue weighted by Crippen LogP contribution is 2.19. The number of anilines is 2. The van der Waals surface area contributed by atoms with Crippen molar-refractivity contribution in [3.05, 3.63) is 24.3 Å². The second-order valence-electron chi connectivity index (χ2n) is 7.01. The molecule has 0 aliphatic carbocycles. The fourth-order valence-electron chi connectivity index (χ4n) is 3.40. The van der Waals surface area contributed by atoms with Gasteiger partial charge in [-0.05, 0) is 44.2 Å². The number of benzene rings is 1. The maximum Gasteiger partial charge on any atom is 0.243 e. The summed E-state index contributed by atoms with van der Waals surface area (Å²) in [5.41, 5.74) is 1.97. The van der Waals surface area contributed by atoms with Crippen molar-refractivity contribution in [3.8, 4) is 0 Å². The Morgan fingerprint density at radius 3 is 2.44 bits per heavy atom. The van der Waals surface area contributed by atoms with Crippen LogP contribution in [0, 0.1) is 0 Å². The summed E-state index contributed by atoms with van der Waals surface area (Å²) in [6, 6.07) is 7.99. The molecule has 6 heteroatoms. The third-order valence-corrected chi connectivity index (χ3v) is 5.03. The number of amides is 2. The third-order valence-electron chi connectivity index (χ3n) is 5.03. The maximum atomic E-state index is 12.2. The van der Waals surface area contributed by atoms with Crippen molar-refractivity contribution in [1.82, 2.24) is 9.80 Å². The second-order valence-corrected chi connectivity index (χ2v) is 7.01. The molecule has 2 aliphatic rings. The first-order valence-electron chi connectivity index (χ1n) is 9.23. The zero-order valence-corrected chi connectivity index (χ0v) is 15.0. The van der Waals surface area contributed by atoms with Gasteiger partial charge in [-0.15, -0.1) is 0 Å². The molecule has 0 unspecified atom stereocenters. The Balaban J connectivity index is 1.52. The monoisotopic (exact) mass is 344 g/mol. The summed E-state index contributed by atoms with van der Waals surface area (Å²) in [5, 5.41) is 2.91. The van der Waals surface area contributed by atoms with Crippen LogP contribution in [0.2, 0.25) is 0 Å². The van der Waals surface area contributed by atoms with Crippen molar-refractivity contribution in [1.29, 1.82) is 0 Å². The van der Waals surface area contributed by atoms with Gasteiger partial charge in [0.1, 0.15) is 0 Å². The van der Waals surface area contributed by atoms with Gasteiger partial charge < -0.3 is 20.0 Å². The zero-order chi connectivity index (χ0) is 17.6. The molecule has 1 aromatic carbocycles. The molecule has 0 bridgehead atoms. The van der Waals surface area contributed by atoms with Crippen molar-refractivity contribution >= 4 is 23.2 Å². The van der Waals surface area contributed by atoms with E-state index in [1.165, 1.54) is 5.69 Å². The van der Waals surface area contributed by atoms with E-state index in [0.717, 1.165) is 51.1 Å². The van der Waals surface area contributed by atoms with E-state index in [1.54, 1.807) is 4.90 Å². The largest absolute Gasteiger partial charge is 0.369 e.